The van der Waals surface area contributed by atoms with Gasteiger partial charge in [0, 0.05) is 12.0 Å². The summed E-state index contributed by atoms with van der Waals surface area (Å²) in [5, 5.41) is 2.71. The van der Waals surface area contributed by atoms with E-state index in [0.717, 1.165) is 5.56 Å². The summed E-state index contributed by atoms with van der Waals surface area (Å²) in [4.78, 5) is 24.3. The molecule has 1 N–H and O–H groups in total. The third-order valence-electron chi connectivity index (χ3n) is 3.41. The lowest BCUT2D eigenvalue weighted by molar-refractivity contribution is -0.142. The van der Waals surface area contributed by atoms with Crippen molar-refractivity contribution in [1.82, 2.24) is 5.32 Å². The number of rotatable bonds is 6. The van der Waals surface area contributed by atoms with Crippen LogP contribution < -0.4 is 10.1 Å². The molecule has 0 spiro atoms. The van der Waals surface area contributed by atoms with Gasteiger partial charge in [-0.15, -0.1) is 0 Å². The van der Waals surface area contributed by atoms with Gasteiger partial charge in [0.15, 0.2) is 0 Å². The molecule has 1 amide bonds. The van der Waals surface area contributed by atoms with E-state index >= 15 is 0 Å². The lowest BCUT2D eigenvalue weighted by Gasteiger charge is -2.17. The Morgan fingerprint density at radius 1 is 1.04 bits per heavy atom. The predicted octanol–water partition coefficient (Wildman–Crippen LogP) is 2.21. The SMILES string of the molecule is COC(=O)[C@H](Cc1ccccc1)NC(=O)c1cccc(OC)c1. The van der Waals surface area contributed by atoms with E-state index in [1.807, 2.05) is 30.3 Å². The van der Waals surface area contributed by atoms with Crippen LogP contribution in [0, 0.1) is 0 Å². The molecular formula is C18H19NO4. The number of esters is 1. The average Bonchev–Trinajstić information content (AvgIpc) is 2.61. The number of nitrogens with one attached hydrogen (secondary N) is 1. The normalized spacial score (nSPS) is 11.4. The molecule has 0 saturated carbocycles. The number of hydrogen-bond donors (Lipinski definition) is 1. The fraction of sp³-hybridized carbons (Fsp3) is 0.222. The van der Waals surface area contributed by atoms with Crippen LogP contribution >= 0.6 is 0 Å². The summed E-state index contributed by atoms with van der Waals surface area (Å²) in [6.45, 7) is 0. The van der Waals surface area contributed by atoms with Crippen LogP contribution in [-0.2, 0) is 16.0 Å². The van der Waals surface area contributed by atoms with Crippen molar-refractivity contribution in [3.63, 3.8) is 0 Å². The van der Waals surface area contributed by atoms with Gasteiger partial charge in [-0.1, -0.05) is 36.4 Å². The van der Waals surface area contributed by atoms with Crippen molar-refractivity contribution in [1.29, 1.82) is 0 Å². The van der Waals surface area contributed by atoms with Crippen LogP contribution in [0.25, 0.3) is 0 Å². The van der Waals surface area contributed by atoms with Crippen LogP contribution in [0.2, 0.25) is 0 Å². The molecule has 2 aromatic carbocycles. The second-order valence-electron chi connectivity index (χ2n) is 4.97. The number of carbonyl (C=O) groups is 2. The van der Waals surface area contributed by atoms with Crippen molar-refractivity contribution < 1.29 is 19.1 Å². The first-order valence-electron chi connectivity index (χ1n) is 7.20. The Bertz CT molecular complexity index is 670. The standard InChI is InChI=1S/C18H19NO4/c1-22-15-10-6-9-14(12-15)17(20)19-16(18(21)23-2)11-13-7-4-3-5-8-13/h3-10,12,16H,11H2,1-2H3,(H,19,20)/t16-/m0/s1. The van der Waals surface area contributed by atoms with Crippen molar-refractivity contribution >= 4 is 11.9 Å². The number of ether oxygens (including phenoxy) is 2. The van der Waals surface area contributed by atoms with E-state index in [0.29, 0.717) is 17.7 Å². The van der Waals surface area contributed by atoms with Crippen LogP contribution in [0.15, 0.2) is 54.6 Å². The Kier molecular flexibility index (Phi) is 5.74. The summed E-state index contributed by atoms with van der Waals surface area (Å²) in [6, 6.07) is 15.5. The van der Waals surface area contributed by atoms with E-state index in [2.05, 4.69) is 5.32 Å². The molecule has 1 atom stereocenters. The van der Waals surface area contributed by atoms with Gasteiger partial charge in [0.05, 0.1) is 14.2 Å². The molecule has 5 nitrogen and oxygen atoms in total. The maximum atomic E-state index is 12.4. The number of benzene rings is 2. The van der Waals surface area contributed by atoms with Gasteiger partial charge in [0.25, 0.3) is 5.91 Å². The highest BCUT2D eigenvalue weighted by Crippen LogP contribution is 2.13. The van der Waals surface area contributed by atoms with E-state index in [1.54, 1.807) is 24.3 Å². The lowest BCUT2D eigenvalue weighted by Crippen LogP contribution is -2.43. The van der Waals surface area contributed by atoms with Gasteiger partial charge in [-0.25, -0.2) is 4.79 Å². The van der Waals surface area contributed by atoms with Crippen LogP contribution in [0.5, 0.6) is 5.75 Å². The number of amides is 1. The zero-order valence-corrected chi connectivity index (χ0v) is 13.1. The van der Waals surface area contributed by atoms with Crippen LogP contribution in [-0.4, -0.2) is 32.1 Å². The molecule has 0 fully saturated rings. The van der Waals surface area contributed by atoms with E-state index < -0.39 is 12.0 Å². The average molecular weight is 313 g/mol. The van der Waals surface area contributed by atoms with E-state index in [-0.39, 0.29) is 5.91 Å². The fourth-order valence-corrected chi connectivity index (χ4v) is 2.19. The first-order chi connectivity index (χ1) is 11.1. The summed E-state index contributed by atoms with van der Waals surface area (Å²) in [5.41, 5.74) is 1.36. The van der Waals surface area contributed by atoms with E-state index in [1.165, 1.54) is 14.2 Å². The molecule has 2 aromatic rings. The summed E-state index contributed by atoms with van der Waals surface area (Å²) < 4.78 is 9.89. The Balaban J connectivity index is 2.13. The van der Waals surface area contributed by atoms with Gasteiger partial charge in [0.2, 0.25) is 0 Å². The van der Waals surface area contributed by atoms with Crippen molar-refractivity contribution in [2.75, 3.05) is 14.2 Å². The molecule has 0 unspecified atom stereocenters. The number of methoxy groups -OCH3 is 2. The number of carbonyl (C=O) groups excluding carboxylic acids is 2. The Labute approximate surface area is 135 Å². The van der Waals surface area contributed by atoms with Crippen molar-refractivity contribution in [2.24, 2.45) is 0 Å². The minimum atomic E-state index is -0.749. The molecule has 0 bridgehead atoms. The third kappa shape index (κ3) is 4.57. The zero-order chi connectivity index (χ0) is 16.7. The van der Waals surface area contributed by atoms with E-state index in [9.17, 15) is 9.59 Å². The third-order valence-corrected chi connectivity index (χ3v) is 3.41. The molecule has 0 heterocycles. The first-order valence-corrected chi connectivity index (χ1v) is 7.20. The Morgan fingerprint density at radius 3 is 2.43 bits per heavy atom. The molecule has 2 rings (SSSR count). The topological polar surface area (TPSA) is 64.6 Å². The second-order valence-corrected chi connectivity index (χ2v) is 4.97. The van der Waals surface area contributed by atoms with Crippen LogP contribution in [0.4, 0.5) is 0 Å². The molecule has 0 saturated heterocycles. The maximum Gasteiger partial charge on any atom is 0.328 e. The van der Waals surface area contributed by atoms with E-state index in [4.69, 9.17) is 9.47 Å². The lowest BCUT2D eigenvalue weighted by atomic mass is 10.1. The minimum absolute atomic E-state index is 0.352. The highest BCUT2D eigenvalue weighted by molar-refractivity contribution is 5.97. The summed E-state index contributed by atoms with van der Waals surface area (Å²) in [7, 11) is 2.84. The zero-order valence-electron chi connectivity index (χ0n) is 13.1. The van der Waals surface area contributed by atoms with Gasteiger partial charge in [-0.2, -0.15) is 0 Å². The molecule has 23 heavy (non-hydrogen) atoms. The van der Waals surface area contributed by atoms with Gasteiger partial charge in [-0.05, 0) is 23.8 Å². The fourth-order valence-electron chi connectivity index (χ4n) is 2.19. The van der Waals surface area contributed by atoms with Crippen LogP contribution in [0.1, 0.15) is 15.9 Å². The summed E-state index contributed by atoms with van der Waals surface area (Å²) >= 11 is 0. The van der Waals surface area contributed by atoms with Crippen molar-refractivity contribution in [3.05, 3.63) is 65.7 Å². The second kappa shape index (κ2) is 7.98. The van der Waals surface area contributed by atoms with Crippen LogP contribution in [0.3, 0.4) is 0 Å². The molecule has 5 heteroatoms. The molecule has 0 aliphatic carbocycles. The molecule has 0 aliphatic rings. The smallest absolute Gasteiger partial charge is 0.328 e. The van der Waals surface area contributed by atoms with Gasteiger partial charge < -0.3 is 14.8 Å². The van der Waals surface area contributed by atoms with Gasteiger partial charge in [-0.3, -0.25) is 4.79 Å². The molecule has 0 aromatic heterocycles. The van der Waals surface area contributed by atoms with Crippen molar-refractivity contribution in [2.45, 2.75) is 12.5 Å². The largest absolute Gasteiger partial charge is 0.497 e. The minimum Gasteiger partial charge on any atom is -0.497 e. The maximum absolute atomic E-state index is 12.4. The molecule has 0 radical (unpaired) electrons. The summed E-state index contributed by atoms with van der Waals surface area (Å²) in [5.74, 6) is -0.254. The molecule has 120 valence electrons. The molecule has 0 aliphatic heterocycles. The highest BCUT2D eigenvalue weighted by Gasteiger charge is 2.22. The summed E-state index contributed by atoms with van der Waals surface area (Å²) in [6.07, 6.45) is 0.364. The highest BCUT2D eigenvalue weighted by atomic mass is 16.5. The quantitative estimate of drug-likeness (QED) is 0.831. The number of hydrogen-bond acceptors (Lipinski definition) is 4. The Morgan fingerprint density at radius 2 is 1.78 bits per heavy atom. The van der Waals surface area contributed by atoms with Gasteiger partial charge >= 0.3 is 5.97 Å². The van der Waals surface area contributed by atoms with Crippen molar-refractivity contribution in [3.8, 4) is 5.75 Å². The monoisotopic (exact) mass is 313 g/mol. The first kappa shape index (κ1) is 16.5. The van der Waals surface area contributed by atoms with Gasteiger partial charge in [0.1, 0.15) is 11.8 Å². The molecular weight excluding hydrogens is 294 g/mol. The Hall–Kier alpha value is -2.82. The predicted molar refractivity (Wildman–Crippen MR) is 86.4 cm³/mol.